The van der Waals surface area contributed by atoms with Crippen LogP contribution in [0.5, 0.6) is 0 Å². The van der Waals surface area contributed by atoms with E-state index in [4.69, 9.17) is 9.47 Å². The Kier molecular flexibility index (Phi) is 5.47. The van der Waals surface area contributed by atoms with Crippen LogP contribution in [-0.4, -0.2) is 54.0 Å². The van der Waals surface area contributed by atoms with Crippen molar-refractivity contribution in [1.29, 1.82) is 0 Å². The molecule has 0 fully saturated rings. The number of esters is 2. The first-order chi connectivity index (χ1) is 14.1. The van der Waals surface area contributed by atoms with E-state index < -0.39 is 23.0 Å². The van der Waals surface area contributed by atoms with Gasteiger partial charge in [-0.15, -0.1) is 0 Å². The van der Waals surface area contributed by atoms with Gasteiger partial charge in [0.1, 0.15) is 34.0 Å². The van der Waals surface area contributed by atoms with Crippen molar-refractivity contribution in [3.05, 3.63) is 53.3 Å². The van der Waals surface area contributed by atoms with Gasteiger partial charge in [0.05, 0.1) is 26.4 Å². The maximum Gasteiger partial charge on any atom is 0.333 e. The third-order valence-electron chi connectivity index (χ3n) is 4.47. The Hall–Kier alpha value is -3.49. The van der Waals surface area contributed by atoms with Crippen LogP contribution in [0.15, 0.2) is 51.9 Å². The molecule has 1 aromatic heterocycles. The third kappa shape index (κ3) is 4.24. The lowest BCUT2D eigenvalue weighted by Crippen LogP contribution is -2.17. The molecule has 0 spiro atoms. The lowest BCUT2D eigenvalue weighted by Gasteiger charge is -2.13. The number of carbonyl (C=O) groups excluding carboxylic acids is 2. The number of hydrogen-bond donors (Lipinski definition) is 0. The SMILES string of the molecule is COC(=O)/C=C1/OC(c2cccc(C3=NC(C)(C)/C(=C\C(=O)OC)O3)n2)=NC1(C)C. The topological polar surface area (TPSA) is 109 Å². The monoisotopic (exact) mass is 413 g/mol. The molecule has 0 atom stereocenters. The normalized spacial score (nSPS) is 21.5. The number of hydrogen-bond acceptors (Lipinski definition) is 9. The van der Waals surface area contributed by atoms with Crippen LogP contribution in [0, 0.1) is 0 Å². The predicted octanol–water partition coefficient (Wildman–Crippen LogP) is 2.31. The first-order valence-corrected chi connectivity index (χ1v) is 9.19. The Labute approximate surface area is 174 Å². The lowest BCUT2D eigenvalue weighted by molar-refractivity contribution is -0.135. The smallest absolute Gasteiger partial charge is 0.333 e. The lowest BCUT2D eigenvalue weighted by atomic mass is 10.0. The maximum absolute atomic E-state index is 11.6. The van der Waals surface area contributed by atoms with Crippen molar-refractivity contribution in [1.82, 2.24) is 4.98 Å². The zero-order valence-electron chi connectivity index (χ0n) is 17.7. The highest BCUT2D eigenvalue weighted by molar-refractivity contribution is 5.99. The van der Waals surface area contributed by atoms with Gasteiger partial charge in [0.25, 0.3) is 0 Å². The number of ether oxygens (including phenoxy) is 4. The molecule has 3 heterocycles. The first-order valence-electron chi connectivity index (χ1n) is 9.19. The summed E-state index contributed by atoms with van der Waals surface area (Å²) in [5.74, 6) is 0.181. The summed E-state index contributed by atoms with van der Waals surface area (Å²) in [6.45, 7) is 7.26. The highest BCUT2D eigenvalue weighted by Crippen LogP contribution is 2.32. The summed E-state index contributed by atoms with van der Waals surface area (Å²) in [7, 11) is 2.59. The van der Waals surface area contributed by atoms with Crippen LogP contribution in [0.25, 0.3) is 0 Å². The molecular weight excluding hydrogens is 390 g/mol. The molecule has 3 rings (SSSR count). The molecule has 1 aromatic rings. The summed E-state index contributed by atoms with van der Waals surface area (Å²) < 4.78 is 20.9. The fourth-order valence-corrected chi connectivity index (χ4v) is 2.76. The largest absolute Gasteiger partial charge is 0.466 e. The number of carbonyl (C=O) groups is 2. The molecule has 0 saturated carbocycles. The van der Waals surface area contributed by atoms with Crippen molar-refractivity contribution in [3.8, 4) is 0 Å². The summed E-state index contributed by atoms with van der Waals surface area (Å²) in [4.78, 5) is 36.8. The van der Waals surface area contributed by atoms with Crippen molar-refractivity contribution in [2.45, 2.75) is 38.8 Å². The number of aromatic nitrogens is 1. The van der Waals surface area contributed by atoms with Gasteiger partial charge in [-0.25, -0.2) is 24.6 Å². The zero-order valence-corrected chi connectivity index (χ0v) is 17.7. The molecule has 0 radical (unpaired) electrons. The Morgan fingerprint density at radius 3 is 1.60 bits per heavy atom. The van der Waals surface area contributed by atoms with Crippen LogP contribution in [0.4, 0.5) is 0 Å². The number of nitrogens with zero attached hydrogens (tertiary/aromatic N) is 3. The molecule has 9 nitrogen and oxygen atoms in total. The van der Waals surface area contributed by atoms with Crippen molar-refractivity contribution in [3.63, 3.8) is 0 Å². The molecule has 0 N–H and O–H groups in total. The van der Waals surface area contributed by atoms with Crippen LogP contribution in [0.2, 0.25) is 0 Å². The van der Waals surface area contributed by atoms with Gasteiger partial charge in [0, 0.05) is 0 Å². The van der Waals surface area contributed by atoms with Gasteiger partial charge in [0.2, 0.25) is 11.8 Å². The molecule has 30 heavy (non-hydrogen) atoms. The quantitative estimate of drug-likeness (QED) is 0.550. The van der Waals surface area contributed by atoms with E-state index in [1.54, 1.807) is 18.2 Å². The first kappa shape index (κ1) is 21.2. The van der Waals surface area contributed by atoms with Gasteiger partial charge < -0.3 is 18.9 Å². The van der Waals surface area contributed by atoms with E-state index in [0.717, 1.165) is 0 Å². The molecule has 0 aliphatic carbocycles. The Bertz CT molecular complexity index is 940. The summed E-state index contributed by atoms with van der Waals surface area (Å²) in [6.07, 6.45) is 2.52. The highest BCUT2D eigenvalue weighted by atomic mass is 16.5. The van der Waals surface area contributed by atoms with Crippen LogP contribution in [0.3, 0.4) is 0 Å². The van der Waals surface area contributed by atoms with Crippen LogP contribution in [-0.2, 0) is 28.5 Å². The average Bonchev–Trinajstić information content (AvgIpc) is 3.16. The van der Waals surface area contributed by atoms with Crippen LogP contribution < -0.4 is 0 Å². The number of pyridine rings is 1. The second kappa shape index (κ2) is 7.74. The zero-order chi connectivity index (χ0) is 22.1. The van der Waals surface area contributed by atoms with Crippen molar-refractivity contribution in [2.24, 2.45) is 9.98 Å². The number of rotatable bonds is 4. The van der Waals surface area contributed by atoms with E-state index in [0.29, 0.717) is 22.9 Å². The molecule has 2 aliphatic rings. The van der Waals surface area contributed by atoms with E-state index in [-0.39, 0.29) is 11.8 Å². The molecule has 0 amide bonds. The Morgan fingerprint density at radius 1 is 0.833 bits per heavy atom. The van der Waals surface area contributed by atoms with Crippen molar-refractivity contribution >= 4 is 23.7 Å². The average molecular weight is 413 g/mol. The maximum atomic E-state index is 11.6. The van der Waals surface area contributed by atoms with Crippen LogP contribution in [0.1, 0.15) is 39.1 Å². The van der Waals surface area contributed by atoms with Crippen LogP contribution >= 0.6 is 0 Å². The van der Waals surface area contributed by atoms with Gasteiger partial charge in [0.15, 0.2) is 0 Å². The minimum absolute atomic E-state index is 0.264. The fraction of sp³-hybridized carbons (Fsp3) is 0.381. The highest BCUT2D eigenvalue weighted by Gasteiger charge is 2.37. The summed E-state index contributed by atoms with van der Waals surface area (Å²) in [6, 6.07) is 5.22. The molecule has 9 heteroatoms. The molecule has 158 valence electrons. The van der Waals surface area contributed by atoms with E-state index in [1.807, 2.05) is 27.7 Å². The van der Waals surface area contributed by atoms with E-state index >= 15 is 0 Å². The number of methoxy groups -OCH3 is 2. The second-order valence-electron chi connectivity index (χ2n) is 7.63. The molecule has 0 aromatic carbocycles. The molecule has 2 aliphatic heterocycles. The minimum atomic E-state index is -0.749. The third-order valence-corrected chi connectivity index (χ3v) is 4.47. The van der Waals surface area contributed by atoms with Gasteiger partial charge in [-0.1, -0.05) is 6.07 Å². The van der Waals surface area contributed by atoms with Gasteiger partial charge >= 0.3 is 11.9 Å². The predicted molar refractivity (Wildman–Crippen MR) is 108 cm³/mol. The van der Waals surface area contributed by atoms with E-state index in [1.165, 1.54) is 26.4 Å². The van der Waals surface area contributed by atoms with Crippen molar-refractivity contribution in [2.75, 3.05) is 14.2 Å². The van der Waals surface area contributed by atoms with E-state index in [2.05, 4.69) is 24.4 Å². The van der Waals surface area contributed by atoms with Crippen molar-refractivity contribution < 1.29 is 28.5 Å². The molecular formula is C21H23N3O6. The summed E-state index contributed by atoms with van der Waals surface area (Å²) in [5, 5.41) is 0. The molecule has 0 unspecified atom stereocenters. The number of aliphatic imine (C=N–C) groups is 2. The van der Waals surface area contributed by atoms with E-state index in [9.17, 15) is 9.59 Å². The van der Waals surface area contributed by atoms with Gasteiger partial charge in [-0.2, -0.15) is 0 Å². The van der Waals surface area contributed by atoms with Gasteiger partial charge in [-0.3, -0.25) is 0 Å². The second-order valence-corrected chi connectivity index (χ2v) is 7.63. The minimum Gasteiger partial charge on any atom is -0.466 e. The Morgan fingerprint density at radius 2 is 1.23 bits per heavy atom. The molecule has 0 saturated heterocycles. The fourth-order valence-electron chi connectivity index (χ4n) is 2.76. The molecule has 0 bridgehead atoms. The summed E-state index contributed by atoms with van der Waals surface area (Å²) in [5.41, 5.74) is -0.603. The summed E-state index contributed by atoms with van der Waals surface area (Å²) >= 11 is 0. The Balaban J connectivity index is 1.90. The van der Waals surface area contributed by atoms with Gasteiger partial charge in [-0.05, 0) is 39.8 Å². The standard InChI is InChI=1S/C21H23N3O6/c1-20(2)14(10-16(25)27-5)29-18(23-20)12-8-7-9-13(22-12)19-24-21(3,4)15(30-19)11-17(26)28-6/h7-11H,1-6H3/b14-10+,15-11+.